The lowest BCUT2D eigenvalue weighted by molar-refractivity contribution is -0.137. The number of thiophene rings is 1. The third kappa shape index (κ3) is 6.47. The lowest BCUT2D eigenvalue weighted by Gasteiger charge is -2.13. The van der Waals surface area contributed by atoms with Crippen molar-refractivity contribution in [2.75, 3.05) is 20.2 Å². The Labute approximate surface area is 260 Å². The van der Waals surface area contributed by atoms with Crippen molar-refractivity contribution >= 4 is 45.2 Å². The number of nitrogens with zero attached hydrogens (tertiary/aromatic N) is 2. The molecule has 0 saturated carbocycles. The number of thioether (sulfide) groups is 1. The maximum Gasteiger partial charge on any atom is 0.332 e. The van der Waals surface area contributed by atoms with Crippen molar-refractivity contribution in [3.63, 3.8) is 0 Å². The minimum absolute atomic E-state index is 0.0348. The molecule has 0 fully saturated rings. The number of rotatable bonds is 12. The smallest absolute Gasteiger partial charge is 0.332 e. The molecule has 2 heterocycles. The summed E-state index contributed by atoms with van der Waals surface area (Å²) < 4.78 is 12.7. The number of methoxy groups -OCH3 is 1. The molecular weight excluding hydrogens is 603 g/mol. The van der Waals surface area contributed by atoms with Crippen LogP contribution in [0.1, 0.15) is 21.5 Å². The van der Waals surface area contributed by atoms with Gasteiger partial charge in [0.15, 0.2) is 6.79 Å². The van der Waals surface area contributed by atoms with Gasteiger partial charge < -0.3 is 19.9 Å². The van der Waals surface area contributed by atoms with Gasteiger partial charge in [-0.05, 0) is 59.8 Å². The highest BCUT2D eigenvalue weighted by Gasteiger charge is 2.25. The molecule has 0 aliphatic carbocycles. The number of ether oxygens (including phenoxy) is 2. The molecule has 0 radical (unpaired) electrons. The molecule has 44 heavy (non-hydrogen) atoms. The summed E-state index contributed by atoms with van der Waals surface area (Å²) in [6.07, 6.45) is 1.93. The normalized spacial score (nSPS) is 11.0. The van der Waals surface area contributed by atoms with Crippen LogP contribution in [-0.4, -0.2) is 46.3 Å². The first-order valence-corrected chi connectivity index (χ1v) is 15.5. The van der Waals surface area contributed by atoms with Gasteiger partial charge >= 0.3 is 11.7 Å². The number of carbonyl (C=O) groups excluding carboxylic acids is 1. The van der Waals surface area contributed by atoms with Crippen molar-refractivity contribution in [3.05, 3.63) is 116 Å². The summed E-state index contributed by atoms with van der Waals surface area (Å²) in [5.74, 6) is -1.09. The monoisotopic (exact) mass is 631 g/mol. The first kappa shape index (κ1) is 30.8. The van der Waals surface area contributed by atoms with E-state index < -0.39 is 23.8 Å². The molecule has 0 unspecified atom stereocenters. The predicted octanol–water partition coefficient (Wildman–Crippen LogP) is 4.66. The second-order valence-corrected chi connectivity index (χ2v) is 11.5. The molecule has 2 aromatic heterocycles. The SMILES string of the molecule is COCOc1ccc(-c2sc3c(c2CNC(=O)c2ccccc2)c(=O)n(CC(=O)O)c(=O)n3Cc2ccccc2SC)cc1. The quantitative estimate of drug-likeness (QED) is 0.150. The minimum Gasteiger partial charge on any atom is -0.480 e. The third-order valence-corrected chi connectivity index (χ3v) is 9.03. The van der Waals surface area contributed by atoms with Gasteiger partial charge in [-0.3, -0.25) is 19.0 Å². The van der Waals surface area contributed by atoms with Crippen LogP contribution >= 0.6 is 23.1 Å². The fourth-order valence-electron chi connectivity index (χ4n) is 4.83. The lowest BCUT2D eigenvalue weighted by Crippen LogP contribution is -2.41. The Morgan fingerprint density at radius 2 is 1.66 bits per heavy atom. The lowest BCUT2D eigenvalue weighted by atomic mass is 10.1. The van der Waals surface area contributed by atoms with Crippen LogP contribution in [0.4, 0.5) is 0 Å². The Morgan fingerprint density at radius 1 is 0.955 bits per heavy atom. The van der Waals surface area contributed by atoms with E-state index in [2.05, 4.69) is 5.32 Å². The highest BCUT2D eigenvalue weighted by Crippen LogP contribution is 2.38. The molecule has 0 atom stereocenters. The van der Waals surface area contributed by atoms with Crippen molar-refractivity contribution < 1.29 is 24.2 Å². The molecule has 5 aromatic rings. The molecule has 226 valence electrons. The molecule has 0 spiro atoms. The minimum atomic E-state index is -1.32. The molecule has 0 saturated heterocycles. The molecule has 10 nitrogen and oxygen atoms in total. The Balaban J connectivity index is 1.73. The zero-order chi connectivity index (χ0) is 31.2. The maximum absolute atomic E-state index is 13.9. The molecule has 0 bridgehead atoms. The van der Waals surface area contributed by atoms with Crippen molar-refractivity contribution in [1.29, 1.82) is 0 Å². The van der Waals surface area contributed by atoms with Gasteiger partial charge in [-0.2, -0.15) is 0 Å². The largest absolute Gasteiger partial charge is 0.480 e. The summed E-state index contributed by atoms with van der Waals surface area (Å²) in [6, 6.07) is 23.4. The molecule has 1 amide bonds. The molecule has 12 heteroatoms. The molecule has 5 rings (SSSR count). The number of benzene rings is 3. The maximum atomic E-state index is 13.9. The highest BCUT2D eigenvalue weighted by atomic mass is 32.2. The Morgan fingerprint density at radius 3 is 2.34 bits per heavy atom. The standard InChI is InChI=1S/C32H29N3O7S2/c1-41-19-42-23-14-12-20(13-15-23)28-24(16-33-29(38)21-8-4-3-5-9-21)27-30(39)34(18-26(36)37)32(40)35(31(27)44-28)17-22-10-6-7-11-25(22)43-2/h3-15H,16-19H2,1-2H3,(H,33,38)(H,36,37). The van der Waals surface area contributed by atoms with Gasteiger partial charge in [-0.1, -0.05) is 36.4 Å². The number of amides is 1. The van der Waals surface area contributed by atoms with E-state index in [4.69, 9.17) is 9.47 Å². The summed E-state index contributed by atoms with van der Waals surface area (Å²) in [7, 11) is 1.52. The molecule has 0 aliphatic heterocycles. The van der Waals surface area contributed by atoms with Gasteiger partial charge in [0.25, 0.3) is 11.5 Å². The second-order valence-electron chi connectivity index (χ2n) is 9.68. The van der Waals surface area contributed by atoms with E-state index in [1.807, 2.05) is 42.7 Å². The number of carboxylic acid groups (broad SMARTS) is 1. The number of carboxylic acids is 1. The van der Waals surface area contributed by atoms with E-state index in [-0.39, 0.29) is 31.2 Å². The number of aliphatic carboxylic acids is 1. The van der Waals surface area contributed by atoms with E-state index in [0.717, 1.165) is 20.6 Å². The van der Waals surface area contributed by atoms with Gasteiger partial charge in [0.2, 0.25) is 0 Å². The fourth-order valence-corrected chi connectivity index (χ4v) is 6.75. The van der Waals surface area contributed by atoms with E-state index in [1.54, 1.807) is 42.5 Å². The summed E-state index contributed by atoms with van der Waals surface area (Å²) in [5, 5.41) is 12.7. The zero-order valence-electron chi connectivity index (χ0n) is 23.9. The molecule has 3 aromatic carbocycles. The van der Waals surface area contributed by atoms with Crippen LogP contribution in [0.5, 0.6) is 5.75 Å². The van der Waals surface area contributed by atoms with Crippen LogP contribution < -0.4 is 21.3 Å². The van der Waals surface area contributed by atoms with Crippen LogP contribution in [0.15, 0.2) is 93.3 Å². The van der Waals surface area contributed by atoms with E-state index >= 15 is 0 Å². The van der Waals surface area contributed by atoms with Crippen molar-refractivity contribution in [1.82, 2.24) is 14.5 Å². The highest BCUT2D eigenvalue weighted by molar-refractivity contribution is 7.98. The first-order chi connectivity index (χ1) is 21.3. The van der Waals surface area contributed by atoms with Gasteiger partial charge in [0.1, 0.15) is 17.1 Å². The number of nitrogens with one attached hydrogen (secondary N) is 1. The number of aromatic nitrogens is 2. The Hall–Kier alpha value is -4.65. The summed E-state index contributed by atoms with van der Waals surface area (Å²) in [5.41, 5.74) is 1.05. The van der Waals surface area contributed by atoms with Gasteiger partial charge in [-0.15, -0.1) is 23.1 Å². The zero-order valence-corrected chi connectivity index (χ0v) is 25.6. The molecular formula is C32H29N3O7S2. The van der Waals surface area contributed by atoms with Crippen LogP contribution in [0, 0.1) is 0 Å². The number of hydrogen-bond acceptors (Lipinski definition) is 8. The van der Waals surface area contributed by atoms with Gasteiger partial charge in [-0.25, -0.2) is 9.36 Å². The van der Waals surface area contributed by atoms with E-state index in [1.165, 1.54) is 34.8 Å². The van der Waals surface area contributed by atoms with Gasteiger partial charge in [0, 0.05) is 34.6 Å². The number of hydrogen-bond donors (Lipinski definition) is 2. The average molecular weight is 632 g/mol. The van der Waals surface area contributed by atoms with Crippen LogP contribution in [-0.2, 0) is 29.2 Å². The number of carbonyl (C=O) groups is 2. The third-order valence-electron chi connectivity index (χ3n) is 6.89. The first-order valence-electron chi connectivity index (χ1n) is 13.5. The van der Waals surface area contributed by atoms with Crippen molar-refractivity contribution in [2.45, 2.75) is 24.5 Å². The molecule has 0 aliphatic rings. The predicted molar refractivity (Wildman–Crippen MR) is 171 cm³/mol. The van der Waals surface area contributed by atoms with E-state index in [9.17, 15) is 24.3 Å². The van der Waals surface area contributed by atoms with Crippen molar-refractivity contribution in [3.8, 4) is 16.2 Å². The Kier molecular flexibility index (Phi) is 9.63. The van der Waals surface area contributed by atoms with Crippen LogP contribution in [0.2, 0.25) is 0 Å². The van der Waals surface area contributed by atoms with Crippen LogP contribution in [0.3, 0.4) is 0 Å². The average Bonchev–Trinajstić information content (AvgIpc) is 3.43. The summed E-state index contributed by atoms with van der Waals surface area (Å²) in [4.78, 5) is 54.5. The molecule has 2 N–H and O–H groups in total. The summed E-state index contributed by atoms with van der Waals surface area (Å²) >= 11 is 2.76. The van der Waals surface area contributed by atoms with Gasteiger partial charge in [0.05, 0.1) is 11.9 Å². The topological polar surface area (TPSA) is 129 Å². The van der Waals surface area contributed by atoms with Crippen LogP contribution in [0.25, 0.3) is 20.7 Å². The summed E-state index contributed by atoms with van der Waals surface area (Å²) in [6.45, 7) is -0.644. The second kappa shape index (κ2) is 13.8. The van der Waals surface area contributed by atoms with Crippen molar-refractivity contribution in [2.24, 2.45) is 0 Å². The van der Waals surface area contributed by atoms with E-state index in [0.29, 0.717) is 26.6 Å². The number of fused-ring (bicyclic) bond motifs is 1. The Bertz CT molecular complexity index is 1930. The fraction of sp³-hybridized carbons (Fsp3) is 0.188.